The fourth-order valence-electron chi connectivity index (χ4n) is 0.684. The molecule has 0 saturated heterocycles. The van der Waals surface area contributed by atoms with Crippen LogP contribution < -0.4 is 51.4 Å². The molecule has 0 fully saturated rings. The van der Waals surface area contributed by atoms with Crippen LogP contribution >= 0.6 is 24.0 Å². The maximum Gasteiger partial charge on any atom is 1.00 e. The van der Waals surface area contributed by atoms with Gasteiger partial charge in [0, 0.05) is 0 Å². The van der Waals surface area contributed by atoms with Crippen molar-refractivity contribution in [3.8, 4) is 0 Å². The van der Waals surface area contributed by atoms with Crippen molar-refractivity contribution in [3.63, 3.8) is 0 Å². The summed E-state index contributed by atoms with van der Waals surface area (Å²) in [6, 6.07) is 0. The molecular formula is C7H13KS3. The first-order chi connectivity index (χ1) is 4.77. The van der Waals surface area contributed by atoms with Crippen LogP contribution in [0.1, 0.15) is 32.6 Å². The fourth-order valence-corrected chi connectivity index (χ4v) is 1.70. The number of thiocarbonyl (C=S) groups is 1. The van der Waals surface area contributed by atoms with Gasteiger partial charge in [0.1, 0.15) is 0 Å². The Morgan fingerprint density at radius 2 is 2.00 bits per heavy atom. The van der Waals surface area contributed by atoms with Crippen molar-refractivity contribution in [1.29, 1.82) is 0 Å². The van der Waals surface area contributed by atoms with Gasteiger partial charge in [0.2, 0.25) is 0 Å². The number of thioether (sulfide) groups is 1. The van der Waals surface area contributed by atoms with E-state index in [0.717, 1.165) is 5.75 Å². The second-order valence-corrected chi connectivity index (χ2v) is 4.86. The summed E-state index contributed by atoms with van der Waals surface area (Å²) in [6.45, 7) is 2.21. The molecule has 4 heteroatoms. The first-order valence-corrected chi connectivity index (χ1v) is 5.41. The third-order valence-corrected chi connectivity index (χ3v) is 2.65. The molecule has 0 nitrogen and oxygen atoms in total. The van der Waals surface area contributed by atoms with E-state index in [2.05, 4.69) is 6.92 Å². The molecule has 0 aliphatic rings. The predicted molar refractivity (Wildman–Crippen MR) is 56.6 cm³/mol. The molecule has 0 bridgehead atoms. The van der Waals surface area contributed by atoms with Crippen LogP contribution in [0.25, 0.3) is 0 Å². The topological polar surface area (TPSA) is 0 Å². The van der Waals surface area contributed by atoms with Crippen LogP contribution in [0.5, 0.6) is 0 Å². The fraction of sp³-hybridized carbons (Fsp3) is 0.857. The van der Waals surface area contributed by atoms with E-state index in [1.807, 2.05) is 0 Å². The van der Waals surface area contributed by atoms with Crippen molar-refractivity contribution < 1.29 is 51.4 Å². The molecule has 0 rings (SSSR count). The Morgan fingerprint density at radius 3 is 2.45 bits per heavy atom. The van der Waals surface area contributed by atoms with Crippen molar-refractivity contribution >= 4 is 40.1 Å². The summed E-state index contributed by atoms with van der Waals surface area (Å²) in [5, 5.41) is 0. The smallest absolute Gasteiger partial charge is 0.422 e. The molecule has 0 unspecified atom stereocenters. The van der Waals surface area contributed by atoms with Gasteiger partial charge in [-0.1, -0.05) is 29.7 Å². The maximum absolute atomic E-state index is 4.75. The second-order valence-electron chi connectivity index (χ2n) is 2.16. The molecule has 0 spiro atoms. The minimum atomic E-state index is 0. The summed E-state index contributed by atoms with van der Waals surface area (Å²) in [5.74, 6) is 1.11. The van der Waals surface area contributed by atoms with Gasteiger partial charge in [-0.05, 0) is 12.2 Å². The molecule has 0 aliphatic heterocycles. The third kappa shape index (κ3) is 15.1. The molecule has 60 valence electrons. The van der Waals surface area contributed by atoms with Crippen molar-refractivity contribution in [2.24, 2.45) is 0 Å². The predicted octanol–water partition coefficient (Wildman–Crippen LogP) is 0.136. The average Bonchev–Trinajstić information content (AvgIpc) is 1.87. The Morgan fingerprint density at radius 1 is 1.36 bits per heavy atom. The van der Waals surface area contributed by atoms with Crippen LogP contribution in [0.15, 0.2) is 0 Å². The van der Waals surface area contributed by atoms with E-state index in [-0.39, 0.29) is 51.4 Å². The molecule has 11 heavy (non-hydrogen) atoms. The minimum absolute atomic E-state index is 0. The summed E-state index contributed by atoms with van der Waals surface area (Å²) < 4.78 is 0.663. The van der Waals surface area contributed by atoms with E-state index in [4.69, 9.17) is 24.8 Å². The van der Waals surface area contributed by atoms with Crippen molar-refractivity contribution in [1.82, 2.24) is 0 Å². The minimum Gasteiger partial charge on any atom is -0.422 e. The van der Waals surface area contributed by atoms with Gasteiger partial charge in [-0.3, -0.25) is 0 Å². The molecule has 0 aromatic heterocycles. The van der Waals surface area contributed by atoms with Crippen LogP contribution in [-0.2, 0) is 12.6 Å². The van der Waals surface area contributed by atoms with Gasteiger partial charge in [0.25, 0.3) is 0 Å². The number of rotatable bonds is 5. The van der Waals surface area contributed by atoms with Crippen LogP contribution in [-0.4, -0.2) is 9.28 Å². The number of hydrogen-bond donors (Lipinski definition) is 0. The molecule has 0 N–H and O–H groups in total. The number of hydrogen-bond acceptors (Lipinski definition) is 3. The maximum atomic E-state index is 4.75. The SMILES string of the molecule is CCCCCCSC(=S)[S-].[K+]. The van der Waals surface area contributed by atoms with Gasteiger partial charge < -0.3 is 24.8 Å². The Bertz CT molecular complexity index is 95.7. The summed E-state index contributed by atoms with van der Waals surface area (Å²) in [7, 11) is 0. The molecule has 0 heterocycles. The monoisotopic (exact) mass is 232 g/mol. The van der Waals surface area contributed by atoms with E-state index < -0.39 is 0 Å². The normalized spacial score (nSPS) is 8.82. The molecule has 0 saturated carbocycles. The molecule has 0 aromatic rings. The largest absolute Gasteiger partial charge is 1.00 e. The van der Waals surface area contributed by atoms with Crippen molar-refractivity contribution in [3.05, 3.63) is 0 Å². The van der Waals surface area contributed by atoms with E-state index in [1.54, 1.807) is 11.8 Å². The Kier molecular flexibility index (Phi) is 17.6. The van der Waals surface area contributed by atoms with Gasteiger partial charge in [-0.25, -0.2) is 0 Å². The molecule has 0 amide bonds. The quantitative estimate of drug-likeness (QED) is 0.286. The van der Waals surface area contributed by atoms with Crippen LogP contribution in [0.4, 0.5) is 0 Å². The van der Waals surface area contributed by atoms with Gasteiger partial charge >= 0.3 is 51.4 Å². The summed E-state index contributed by atoms with van der Waals surface area (Å²) in [5.41, 5.74) is 0. The standard InChI is InChI=1S/C7H14S3.K/c1-2-3-4-5-6-10-7(8)9;/h2-6H2,1H3,(H,8,9);/q;+1/p-1. The van der Waals surface area contributed by atoms with Gasteiger partial charge in [-0.15, -0.1) is 11.8 Å². The molecule has 0 aliphatic carbocycles. The van der Waals surface area contributed by atoms with Gasteiger partial charge in [-0.2, -0.15) is 0 Å². The van der Waals surface area contributed by atoms with Crippen molar-refractivity contribution in [2.75, 3.05) is 5.75 Å². The first kappa shape index (κ1) is 15.8. The summed E-state index contributed by atoms with van der Waals surface area (Å²) in [4.78, 5) is 0. The molecule has 0 radical (unpaired) electrons. The Labute approximate surface area is 127 Å². The second kappa shape index (κ2) is 12.3. The zero-order valence-corrected chi connectivity index (χ0v) is 12.8. The average molecular weight is 232 g/mol. The Balaban J connectivity index is 0. The van der Waals surface area contributed by atoms with Crippen molar-refractivity contribution in [2.45, 2.75) is 32.6 Å². The zero-order valence-electron chi connectivity index (χ0n) is 7.26. The van der Waals surface area contributed by atoms with Crippen LogP contribution in [0.3, 0.4) is 0 Å². The molecule has 0 atom stereocenters. The summed E-state index contributed by atoms with van der Waals surface area (Å²) in [6.07, 6.45) is 5.21. The zero-order chi connectivity index (χ0) is 7.82. The first-order valence-electron chi connectivity index (χ1n) is 3.61. The van der Waals surface area contributed by atoms with Crippen LogP contribution in [0.2, 0.25) is 0 Å². The third-order valence-electron chi connectivity index (χ3n) is 1.22. The van der Waals surface area contributed by atoms with E-state index in [0.29, 0.717) is 3.53 Å². The molecule has 0 aromatic carbocycles. The van der Waals surface area contributed by atoms with Crippen LogP contribution in [0, 0.1) is 0 Å². The summed E-state index contributed by atoms with van der Waals surface area (Å²) >= 11 is 11.1. The van der Waals surface area contributed by atoms with E-state index >= 15 is 0 Å². The van der Waals surface area contributed by atoms with E-state index in [1.165, 1.54) is 25.7 Å². The van der Waals surface area contributed by atoms with E-state index in [9.17, 15) is 0 Å². The number of unbranched alkanes of at least 4 members (excludes halogenated alkanes) is 3. The Hall–Kier alpha value is 2.30. The van der Waals surface area contributed by atoms with Gasteiger partial charge in [0.15, 0.2) is 0 Å². The molecular weight excluding hydrogens is 219 g/mol. The van der Waals surface area contributed by atoms with Gasteiger partial charge in [0.05, 0.1) is 0 Å².